The predicted molar refractivity (Wildman–Crippen MR) is 90.3 cm³/mol. The summed E-state index contributed by atoms with van der Waals surface area (Å²) in [6.07, 6.45) is 0.889. The van der Waals surface area contributed by atoms with Crippen molar-refractivity contribution in [2.75, 3.05) is 13.2 Å². The van der Waals surface area contributed by atoms with Gasteiger partial charge in [-0.1, -0.05) is 13.8 Å². The summed E-state index contributed by atoms with van der Waals surface area (Å²) in [5, 5.41) is 9.32. The molecule has 0 bridgehead atoms. The third-order valence-corrected chi connectivity index (χ3v) is 6.61. The molecule has 138 valence electrons. The van der Waals surface area contributed by atoms with E-state index in [1.807, 2.05) is 13.8 Å². The van der Waals surface area contributed by atoms with Gasteiger partial charge >= 0.3 is 5.97 Å². The van der Waals surface area contributed by atoms with Gasteiger partial charge in [0.15, 0.2) is 0 Å². The first-order valence-corrected chi connectivity index (χ1v) is 9.81. The predicted octanol–water partition coefficient (Wildman–Crippen LogP) is 1.88. The van der Waals surface area contributed by atoms with E-state index in [0.717, 1.165) is 12.5 Å². The van der Waals surface area contributed by atoms with Crippen molar-refractivity contribution < 1.29 is 27.8 Å². The van der Waals surface area contributed by atoms with Gasteiger partial charge in [-0.2, -0.15) is 0 Å². The van der Waals surface area contributed by atoms with Gasteiger partial charge in [0.25, 0.3) is 0 Å². The van der Waals surface area contributed by atoms with Crippen LogP contribution in [0.1, 0.15) is 37.6 Å². The molecule has 3 atom stereocenters. The van der Waals surface area contributed by atoms with Crippen LogP contribution in [0, 0.1) is 11.3 Å². The highest BCUT2D eigenvalue weighted by Crippen LogP contribution is 2.52. The number of sulfonamides is 1. The lowest BCUT2D eigenvalue weighted by Gasteiger charge is -2.54. The quantitative estimate of drug-likeness (QED) is 0.794. The van der Waals surface area contributed by atoms with Crippen LogP contribution in [0.25, 0.3) is 0 Å². The maximum atomic E-state index is 12.8. The van der Waals surface area contributed by atoms with E-state index in [9.17, 15) is 18.3 Å². The molecule has 1 aliphatic carbocycles. The lowest BCUT2D eigenvalue weighted by atomic mass is 9.58. The maximum Gasteiger partial charge on any atom is 0.339 e. The fourth-order valence-corrected chi connectivity index (χ4v) is 5.39. The Bertz CT molecular complexity index is 788. The summed E-state index contributed by atoms with van der Waals surface area (Å²) in [5.74, 6) is -0.915. The average Bonchev–Trinajstić information content (AvgIpc) is 3.00. The van der Waals surface area contributed by atoms with Crippen molar-refractivity contribution in [2.24, 2.45) is 11.3 Å². The van der Waals surface area contributed by atoms with Gasteiger partial charge in [0, 0.05) is 24.0 Å². The molecule has 3 unspecified atom stereocenters. The minimum absolute atomic E-state index is 0.0649. The van der Waals surface area contributed by atoms with E-state index in [4.69, 9.17) is 9.47 Å². The number of carboxylic acids is 1. The molecule has 1 heterocycles. The van der Waals surface area contributed by atoms with E-state index in [0.29, 0.717) is 13.2 Å². The van der Waals surface area contributed by atoms with Gasteiger partial charge in [-0.15, -0.1) is 0 Å². The third kappa shape index (κ3) is 3.02. The summed E-state index contributed by atoms with van der Waals surface area (Å²) in [6, 6.07) is 3.66. The Morgan fingerprint density at radius 1 is 1.44 bits per heavy atom. The summed E-state index contributed by atoms with van der Waals surface area (Å²) in [5.41, 5.74) is -0.463. The fourth-order valence-electron chi connectivity index (χ4n) is 3.92. The van der Waals surface area contributed by atoms with Crippen molar-refractivity contribution >= 4 is 16.0 Å². The molecule has 8 heteroatoms. The SMILES string of the molecule is CCOc1ccc(S(=O)(=O)NC2C3CCOC3C2(C)C)cc1C(=O)O. The molecule has 1 aromatic carbocycles. The summed E-state index contributed by atoms with van der Waals surface area (Å²) in [6.45, 7) is 6.63. The molecular weight excluding hydrogens is 346 g/mol. The number of aromatic carboxylic acids is 1. The van der Waals surface area contributed by atoms with Crippen LogP contribution >= 0.6 is 0 Å². The van der Waals surface area contributed by atoms with Gasteiger partial charge in [-0.05, 0) is 31.5 Å². The molecule has 1 saturated carbocycles. The van der Waals surface area contributed by atoms with Gasteiger partial charge < -0.3 is 14.6 Å². The third-order valence-electron chi connectivity index (χ3n) is 5.17. The minimum atomic E-state index is -3.84. The first-order valence-electron chi connectivity index (χ1n) is 8.32. The summed E-state index contributed by atoms with van der Waals surface area (Å²) in [4.78, 5) is 11.3. The molecule has 7 nitrogen and oxygen atoms in total. The van der Waals surface area contributed by atoms with Crippen molar-refractivity contribution in [1.82, 2.24) is 4.72 Å². The largest absolute Gasteiger partial charge is 0.493 e. The van der Waals surface area contributed by atoms with Crippen LogP contribution < -0.4 is 9.46 Å². The van der Waals surface area contributed by atoms with Crippen molar-refractivity contribution in [3.8, 4) is 5.75 Å². The average molecular weight is 369 g/mol. The maximum absolute atomic E-state index is 12.8. The van der Waals surface area contributed by atoms with Gasteiger partial charge in [0.05, 0.1) is 17.6 Å². The zero-order chi connectivity index (χ0) is 18.4. The van der Waals surface area contributed by atoms with Gasteiger partial charge in [-0.3, -0.25) is 0 Å². The van der Waals surface area contributed by atoms with Crippen LogP contribution in [0.3, 0.4) is 0 Å². The highest BCUT2D eigenvalue weighted by Gasteiger charge is 2.60. The van der Waals surface area contributed by atoms with Crippen LogP contribution in [0.5, 0.6) is 5.75 Å². The van der Waals surface area contributed by atoms with Crippen LogP contribution in [-0.2, 0) is 14.8 Å². The first-order chi connectivity index (χ1) is 11.7. The van der Waals surface area contributed by atoms with E-state index < -0.39 is 16.0 Å². The second kappa shape index (κ2) is 6.26. The van der Waals surface area contributed by atoms with E-state index in [2.05, 4.69) is 4.72 Å². The van der Waals surface area contributed by atoms with Crippen LogP contribution in [-0.4, -0.2) is 44.9 Å². The fraction of sp³-hybridized carbons (Fsp3) is 0.588. The van der Waals surface area contributed by atoms with Gasteiger partial charge in [-0.25, -0.2) is 17.9 Å². The second-order valence-electron chi connectivity index (χ2n) is 7.06. The number of benzene rings is 1. The van der Waals surface area contributed by atoms with Crippen LogP contribution in [0.15, 0.2) is 23.1 Å². The first kappa shape index (κ1) is 18.2. The lowest BCUT2D eigenvalue weighted by Crippen LogP contribution is -2.66. The molecule has 0 amide bonds. The summed E-state index contributed by atoms with van der Waals surface area (Å²) in [7, 11) is -3.84. The number of hydrogen-bond acceptors (Lipinski definition) is 5. The Labute approximate surface area is 147 Å². The van der Waals surface area contributed by atoms with Crippen molar-refractivity contribution in [3.05, 3.63) is 23.8 Å². The van der Waals surface area contributed by atoms with Crippen molar-refractivity contribution in [1.29, 1.82) is 0 Å². The monoisotopic (exact) mass is 369 g/mol. The number of hydrogen-bond donors (Lipinski definition) is 2. The number of rotatable bonds is 6. The molecule has 1 aliphatic heterocycles. The number of carbonyl (C=O) groups is 1. The van der Waals surface area contributed by atoms with E-state index in [1.54, 1.807) is 6.92 Å². The van der Waals surface area contributed by atoms with Crippen LogP contribution in [0.4, 0.5) is 0 Å². The zero-order valence-corrected chi connectivity index (χ0v) is 15.3. The topological polar surface area (TPSA) is 102 Å². The highest BCUT2D eigenvalue weighted by molar-refractivity contribution is 7.89. The number of fused-ring (bicyclic) bond motifs is 1. The lowest BCUT2D eigenvalue weighted by molar-refractivity contribution is -0.105. The van der Waals surface area contributed by atoms with E-state index in [1.165, 1.54) is 12.1 Å². The number of ether oxygens (including phenoxy) is 2. The Balaban J connectivity index is 1.88. The second-order valence-corrected chi connectivity index (χ2v) is 8.77. The Hall–Kier alpha value is -1.64. The smallest absolute Gasteiger partial charge is 0.339 e. The molecule has 0 aromatic heterocycles. The summed E-state index contributed by atoms with van der Waals surface area (Å²) < 4.78 is 39.2. The molecule has 0 spiro atoms. The van der Waals surface area contributed by atoms with E-state index in [-0.39, 0.29) is 39.7 Å². The Kier molecular flexibility index (Phi) is 4.55. The van der Waals surface area contributed by atoms with Crippen molar-refractivity contribution in [3.63, 3.8) is 0 Å². The molecule has 2 N–H and O–H groups in total. The summed E-state index contributed by atoms with van der Waals surface area (Å²) >= 11 is 0. The zero-order valence-electron chi connectivity index (χ0n) is 14.5. The Morgan fingerprint density at radius 2 is 2.16 bits per heavy atom. The number of carboxylic acid groups (broad SMARTS) is 1. The standard InChI is InChI=1S/C17H23NO6S/c1-4-23-13-6-5-10(9-12(13)16(19)20)25(21,22)18-14-11-7-8-24-15(11)17(14,2)3/h5-6,9,11,14-15,18H,4,7-8H2,1-3H3,(H,19,20). The van der Waals surface area contributed by atoms with Gasteiger partial charge in [0.1, 0.15) is 11.3 Å². The molecule has 1 saturated heterocycles. The number of nitrogens with one attached hydrogen (secondary N) is 1. The highest BCUT2D eigenvalue weighted by atomic mass is 32.2. The molecule has 25 heavy (non-hydrogen) atoms. The molecule has 3 rings (SSSR count). The normalized spacial score (nSPS) is 27.4. The molecule has 2 aliphatic rings. The van der Waals surface area contributed by atoms with Crippen molar-refractivity contribution in [2.45, 2.75) is 44.2 Å². The van der Waals surface area contributed by atoms with E-state index >= 15 is 0 Å². The molecular formula is C17H23NO6S. The van der Waals surface area contributed by atoms with Crippen LogP contribution in [0.2, 0.25) is 0 Å². The Morgan fingerprint density at radius 3 is 2.80 bits per heavy atom. The minimum Gasteiger partial charge on any atom is -0.493 e. The molecule has 0 radical (unpaired) electrons. The molecule has 1 aromatic rings. The van der Waals surface area contributed by atoms with Gasteiger partial charge in [0.2, 0.25) is 10.0 Å². The molecule has 2 fully saturated rings.